The quantitative estimate of drug-likeness (QED) is 0.846. The fourth-order valence-electron chi connectivity index (χ4n) is 2.04. The number of alkyl halides is 3. The third-order valence-electron chi connectivity index (χ3n) is 3.47. The Kier molecular flexibility index (Phi) is 5.20. The molecule has 0 saturated carbocycles. The van der Waals surface area contributed by atoms with Gasteiger partial charge in [-0.15, -0.1) is 0 Å². The molecule has 1 aromatic carbocycles. The van der Waals surface area contributed by atoms with E-state index >= 15 is 0 Å². The van der Waals surface area contributed by atoms with E-state index < -0.39 is 11.7 Å². The maximum absolute atomic E-state index is 12.4. The molecule has 102 valence electrons. The van der Waals surface area contributed by atoms with Gasteiger partial charge in [0, 0.05) is 6.04 Å². The van der Waals surface area contributed by atoms with Crippen molar-refractivity contribution in [1.29, 1.82) is 0 Å². The molecule has 0 saturated heterocycles. The zero-order valence-electron chi connectivity index (χ0n) is 11.0. The van der Waals surface area contributed by atoms with Crippen LogP contribution in [0, 0.1) is 5.92 Å². The predicted octanol–water partition coefficient (Wildman–Crippen LogP) is 3.88. The summed E-state index contributed by atoms with van der Waals surface area (Å²) >= 11 is 0. The molecule has 18 heavy (non-hydrogen) atoms. The van der Waals surface area contributed by atoms with Crippen LogP contribution in [0.4, 0.5) is 13.2 Å². The Hall–Kier alpha value is -1.03. The van der Waals surface area contributed by atoms with Gasteiger partial charge in [-0.3, -0.25) is 0 Å². The highest BCUT2D eigenvalue weighted by atomic mass is 19.4. The van der Waals surface area contributed by atoms with E-state index in [1.165, 1.54) is 0 Å². The van der Waals surface area contributed by atoms with Crippen molar-refractivity contribution < 1.29 is 13.2 Å². The molecule has 0 spiro atoms. The smallest absolute Gasteiger partial charge is 0.317 e. The summed E-state index contributed by atoms with van der Waals surface area (Å²) in [6, 6.07) is 5.83. The minimum absolute atomic E-state index is 0.359. The van der Waals surface area contributed by atoms with Crippen LogP contribution in [0.1, 0.15) is 31.4 Å². The Morgan fingerprint density at radius 1 is 1.17 bits per heavy atom. The number of nitrogens with one attached hydrogen (secondary N) is 1. The predicted molar refractivity (Wildman–Crippen MR) is 67.5 cm³/mol. The van der Waals surface area contributed by atoms with Crippen LogP contribution >= 0.6 is 0 Å². The van der Waals surface area contributed by atoms with Crippen molar-refractivity contribution in [3.05, 3.63) is 35.4 Å². The molecule has 0 aliphatic heterocycles. The molecule has 1 nitrogen and oxygen atoms in total. The lowest BCUT2D eigenvalue weighted by atomic mass is 9.90. The number of rotatable bonds is 5. The first-order valence-corrected chi connectivity index (χ1v) is 6.21. The zero-order chi connectivity index (χ0) is 13.8. The van der Waals surface area contributed by atoms with Gasteiger partial charge in [-0.1, -0.05) is 25.5 Å². The first-order valence-electron chi connectivity index (χ1n) is 6.21. The lowest BCUT2D eigenvalue weighted by molar-refractivity contribution is -0.137. The van der Waals surface area contributed by atoms with Gasteiger partial charge in [-0.05, 0) is 44.0 Å². The summed E-state index contributed by atoms with van der Waals surface area (Å²) in [5, 5.41) is 3.19. The molecule has 1 N–H and O–H groups in total. The standard InChI is InChI=1S/C14H20F3N/c1-4-12(10(2)18-3)9-11-5-7-13(8-6-11)14(15,16)17/h5-8,10,12,18H,4,9H2,1-3H3. The van der Waals surface area contributed by atoms with Crippen molar-refractivity contribution in [2.24, 2.45) is 5.92 Å². The van der Waals surface area contributed by atoms with Gasteiger partial charge in [-0.25, -0.2) is 0 Å². The molecule has 2 atom stereocenters. The van der Waals surface area contributed by atoms with Crippen molar-refractivity contribution >= 4 is 0 Å². The maximum Gasteiger partial charge on any atom is 0.416 e. The number of hydrogen-bond donors (Lipinski definition) is 1. The minimum atomic E-state index is -4.25. The van der Waals surface area contributed by atoms with E-state index in [9.17, 15) is 13.2 Å². The first-order chi connectivity index (χ1) is 8.38. The highest BCUT2D eigenvalue weighted by Crippen LogP contribution is 2.29. The normalized spacial score (nSPS) is 15.4. The van der Waals surface area contributed by atoms with Crippen LogP contribution in [0.15, 0.2) is 24.3 Å². The van der Waals surface area contributed by atoms with Crippen LogP contribution in [0.3, 0.4) is 0 Å². The summed E-state index contributed by atoms with van der Waals surface area (Å²) in [6.07, 6.45) is -2.44. The van der Waals surface area contributed by atoms with Crippen molar-refractivity contribution in [2.45, 2.75) is 38.9 Å². The molecule has 0 amide bonds. The molecule has 0 aliphatic carbocycles. The largest absolute Gasteiger partial charge is 0.416 e. The van der Waals surface area contributed by atoms with Gasteiger partial charge >= 0.3 is 6.18 Å². The molecule has 0 aliphatic rings. The van der Waals surface area contributed by atoms with E-state index in [0.29, 0.717) is 12.0 Å². The van der Waals surface area contributed by atoms with Crippen molar-refractivity contribution in [3.8, 4) is 0 Å². The maximum atomic E-state index is 12.4. The molecule has 0 bridgehead atoms. The van der Waals surface area contributed by atoms with E-state index in [2.05, 4.69) is 19.2 Å². The molecular formula is C14H20F3N. The Labute approximate surface area is 106 Å². The summed E-state index contributed by atoms with van der Waals surface area (Å²) in [5.74, 6) is 0.437. The van der Waals surface area contributed by atoms with Gasteiger partial charge in [-0.2, -0.15) is 13.2 Å². The monoisotopic (exact) mass is 259 g/mol. The van der Waals surface area contributed by atoms with Crippen LogP contribution < -0.4 is 5.32 Å². The molecule has 0 heterocycles. The third kappa shape index (κ3) is 4.02. The van der Waals surface area contributed by atoms with Crippen LogP contribution in [0.25, 0.3) is 0 Å². The second kappa shape index (κ2) is 6.23. The fraction of sp³-hybridized carbons (Fsp3) is 0.571. The van der Waals surface area contributed by atoms with E-state index in [1.807, 2.05) is 7.05 Å². The van der Waals surface area contributed by atoms with E-state index in [-0.39, 0.29) is 0 Å². The fourth-order valence-corrected chi connectivity index (χ4v) is 2.04. The molecule has 1 aromatic rings. The lowest BCUT2D eigenvalue weighted by Gasteiger charge is -2.22. The Morgan fingerprint density at radius 2 is 1.72 bits per heavy atom. The van der Waals surface area contributed by atoms with Crippen molar-refractivity contribution in [1.82, 2.24) is 5.32 Å². The Morgan fingerprint density at radius 3 is 2.11 bits per heavy atom. The first kappa shape index (κ1) is 15.0. The van der Waals surface area contributed by atoms with Crippen LogP contribution in [-0.4, -0.2) is 13.1 Å². The lowest BCUT2D eigenvalue weighted by Crippen LogP contribution is -2.31. The molecule has 0 aromatic heterocycles. The minimum Gasteiger partial charge on any atom is -0.317 e. The van der Waals surface area contributed by atoms with E-state index in [1.54, 1.807) is 12.1 Å². The van der Waals surface area contributed by atoms with Gasteiger partial charge in [0.05, 0.1) is 5.56 Å². The van der Waals surface area contributed by atoms with Gasteiger partial charge in [0.2, 0.25) is 0 Å². The highest BCUT2D eigenvalue weighted by Gasteiger charge is 2.30. The average Bonchev–Trinajstić information content (AvgIpc) is 2.34. The van der Waals surface area contributed by atoms with E-state index in [0.717, 1.165) is 30.5 Å². The summed E-state index contributed by atoms with van der Waals surface area (Å²) in [5.41, 5.74) is 0.373. The van der Waals surface area contributed by atoms with Gasteiger partial charge < -0.3 is 5.32 Å². The molecule has 1 rings (SSSR count). The van der Waals surface area contributed by atoms with Crippen LogP contribution in [-0.2, 0) is 12.6 Å². The van der Waals surface area contributed by atoms with E-state index in [4.69, 9.17) is 0 Å². The number of hydrogen-bond acceptors (Lipinski definition) is 1. The summed E-state index contributed by atoms with van der Waals surface area (Å²) < 4.78 is 37.3. The molecule has 0 fully saturated rings. The summed E-state index contributed by atoms with van der Waals surface area (Å²) in [4.78, 5) is 0. The summed E-state index contributed by atoms with van der Waals surface area (Å²) in [7, 11) is 1.90. The number of benzene rings is 1. The van der Waals surface area contributed by atoms with Gasteiger partial charge in [0.1, 0.15) is 0 Å². The second-order valence-corrected chi connectivity index (χ2v) is 4.64. The van der Waals surface area contributed by atoms with Gasteiger partial charge in [0.15, 0.2) is 0 Å². The van der Waals surface area contributed by atoms with Crippen LogP contribution in [0.2, 0.25) is 0 Å². The highest BCUT2D eigenvalue weighted by molar-refractivity contribution is 5.25. The second-order valence-electron chi connectivity index (χ2n) is 4.64. The topological polar surface area (TPSA) is 12.0 Å². The molecule has 4 heteroatoms. The number of halogens is 3. The SMILES string of the molecule is CCC(Cc1ccc(C(F)(F)F)cc1)C(C)NC. The Balaban J connectivity index is 2.74. The third-order valence-corrected chi connectivity index (χ3v) is 3.47. The summed E-state index contributed by atoms with van der Waals surface area (Å²) in [6.45, 7) is 4.20. The molecule has 2 unspecified atom stereocenters. The van der Waals surface area contributed by atoms with Crippen molar-refractivity contribution in [3.63, 3.8) is 0 Å². The zero-order valence-corrected chi connectivity index (χ0v) is 11.0. The Bertz CT molecular complexity index is 356. The van der Waals surface area contributed by atoms with Crippen molar-refractivity contribution in [2.75, 3.05) is 7.05 Å². The van der Waals surface area contributed by atoms with Crippen LogP contribution in [0.5, 0.6) is 0 Å². The molecular weight excluding hydrogens is 239 g/mol. The average molecular weight is 259 g/mol. The van der Waals surface area contributed by atoms with Gasteiger partial charge in [0.25, 0.3) is 0 Å². The molecule has 0 radical (unpaired) electrons.